The Morgan fingerprint density at radius 2 is 2.38 bits per heavy atom. The number of hydrogen-bond donors (Lipinski definition) is 2. The molecule has 0 amide bonds. The highest BCUT2D eigenvalue weighted by Crippen LogP contribution is 2.26. The molecule has 0 aliphatic carbocycles. The first-order chi connectivity index (χ1) is 7.49. The fourth-order valence-electron chi connectivity index (χ4n) is 2.09. The SMILES string of the molecule is CCCCC(NC1(C)CCOC1C)C(=O)O. The Bertz CT molecular complexity index is 244. The average Bonchev–Trinajstić information content (AvgIpc) is 2.54. The van der Waals surface area contributed by atoms with Crippen LogP contribution in [0.4, 0.5) is 0 Å². The Hall–Kier alpha value is -0.610. The summed E-state index contributed by atoms with van der Waals surface area (Å²) in [5, 5.41) is 12.4. The molecule has 4 nitrogen and oxygen atoms in total. The Kier molecular flexibility index (Phi) is 4.74. The highest BCUT2D eigenvalue weighted by atomic mass is 16.5. The number of hydrogen-bond acceptors (Lipinski definition) is 3. The molecule has 3 atom stereocenters. The van der Waals surface area contributed by atoms with Crippen LogP contribution in [0.1, 0.15) is 46.5 Å². The summed E-state index contributed by atoms with van der Waals surface area (Å²) in [7, 11) is 0. The van der Waals surface area contributed by atoms with Crippen molar-refractivity contribution in [3.05, 3.63) is 0 Å². The molecule has 1 rings (SSSR count). The van der Waals surface area contributed by atoms with Crippen LogP contribution in [0.5, 0.6) is 0 Å². The molecule has 1 fully saturated rings. The number of ether oxygens (including phenoxy) is 1. The van der Waals surface area contributed by atoms with Crippen LogP contribution >= 0.6 is 0 Å². The summed E-state index contributed by atoms with van der Waals surface area (Å²) in [4.78, 5) is 11.1. The van der Waals surface area contributed by atoms with Gasteiger partial charge in [-0.05, 0) is 26.7 Å². The van der Waals surface area contributed by atoms with Crippen molar-refractivity contribution < 1.29 is 14.6 Å². The van der Waals surface area contributed by atoms with Gasteiger partial charge in [0.25, 0.3) is 0 Å². The van der Waals surface area contributed by atoms with Gasteiger partial charge >= 0.3 is 5.97 Å². The van der Waals surface area contributed by atoms with Crippen LogP contribution in [-0.4, -0.2) is 35.4 Å². The first-order valence-corrected chi connectivity index (χ1v) is 6.11. The van der Waals surface area contributed by atoms with E-state index in [1.165, 1.54) is 0 Å². The maximum absolute atomic E-state index is 11.1. The first-order valence-electron chi connectivity index (χ1n) is 6.11. The van der Waals surface area contributed by atoms with Gasteiger partial charge in [0.1, 0.15) is 6.04 Å². The fraction of sp³-hybridized carbons (Fsp3) is 0.917. The van der Waals surface area contributed by atoms with Gasteiger partial charge in [0.15, 0.2) is 0 Å². The largest absolute Gasteiger partial charge is 0.480 e. The maximum atomic E-state index is 11.1. The Labute approximate surface area is 97.4 Å². The highest BCUT2D eigenvalue weighted by molar-refractivity contribution is 5.73. The minimum atomic E-state index is -0.756. The number of aliphatic carboxylic acids is 1. The van der Waals surface area contributed by atoms with Gasteiger partial charge in [-0.2, -0.15) is 0 Å². The molecule has 0 radical (unpaired) electrons. The van der Waals surface area contributed by atoms with Crippen LogP contribution < -0.4 is 5.32 Å². The van der Waals surface area contributed by atoms with Gasteiger partial charge in [-0.1, -0.05) is 19.8 Å². The molecule has 3 unspecified atom stereocenters. The molecule has 1 heterocycles. The second-order valence-corrected chi connectivity index (χ2v) is 4.86. The van der Waals surface area contributed by atoms with Crippen LogP contribution in [0.25, 0.3) is 0 Å². The van der Waals surface area contributed by atoms with E-state index >= 15 is 0 Å². The predicted octanol–water partition coefficient (Wildman–Crippen LogP) is 1.79. The lowest BCUT2D eigenvalue weighted by atomic mass is 9.92. The van der Waals surface area contributed by atoms with Crippen molar-refractivity contribution in [3.8, 4) is 0 Å². The summed E-state index contributed by atoms with van der Waals surface area (Å²) in [6.45, 7) is 6.83. The second-order valence-electron chi connectivity index (χ2n) is 4.86. The zero-order valence-electron chi connectivity index (χ0n) is 10.5. The van der Waals surface area contributed by atoms with Gasteiger partial charge in [-0.3, -0.25) is 10.1 Å². The standard InChI is InChI=1S/C12H23NO3/c1-4-5-6-10(11(14)15)13-12(3)7-8-16-9(12)2/h9-10,13H,4-8H2,1-3H3,(H,14,15). The predicted molar refractivity (Wildman–Crippen MR) is 62.5 cm³/mol. The minimum absolute atomic E-state index is 0.0796. The van der Waals surface area contributed by atoms with Crippen LogP contribution in [-0.2, 0) is 9.53 Å². The van der Waals surface area contributed by atoms with Gasteiger partial charge < -0.3 is 9.84 Å². The number of carboxylic acid groups (broad SMARTS) is 1. The zero-order valence-corrected chi connectivity index (χ0v) is 10.5. The van der Waals surface area contributed by atoms with Crippen LogP contribution in [0, 0.1) is 0 Å². The zero-order chi connectivity index (χ0) is 12.2. The fourth-order valence-corrected chi connectivity index (χ4v) is 2.09. The third kappa shape index (κ3) is 3.19. The molecule has 0 aromatic rings. The summed E-state index contributed by atoms with van der Waals surface area (Å²) in [5.41, 5.74) is -0.198. The highest BCUT2D eigenvalue weighted by Gasteiger charge is 2.39. The molecule has 16 heavy (non-hydrogen) atoms. The van der Waals surface area contributed by atoms with Crippen molar-refractivity contribution in [2.24, 2.45) is 0 Å². The van der Waals surface area contributed by atoms with Crippen LogP contribution in [0.2, 0.25) is 0 Å². The number of carbonyl (C=O) groups is 1. The van der Waals surface area contributed by atoms with Crippen LogP contribution in [0.15, 0.2) is 0 Å². The van der Waals surface area contributed by atoms with Gasteiger partial charge in [-0.15, -0.1) is 0 Å². The summed E-state index contributed by atoms with van der Waals surface area (Å²) >= 11 is 0. The van der Waals surface area contributed by atoms with Gasteiger partial charge in [0.05, 0.1) is 6.10 Å². The van der Waals surface area contributed by atoms with E-state index in [4.69, 9.17) is 9.84 Å². The summed E-state index contributed by atoms with van der Waals surface area (Å²) in [6, 6.07) is -0.450. The lowest BCUT2D eigenvalue weighted by Crippen LogP contribution is -2.54. The molecule has 0 bridgehead atoms. The Morgan fingerprint density at radius 3 is 2.81 bits per heavy atom. The molecule has 1 aliphatic rings. The van der Waals surface area contributed by atoms with E-state index < -0.39 is 12.0 Å². The second kappa shape index (κ2) is 5.64. The molecule has 0 spiro atoms. The van der Waals surface area contributed by atoms with Crippen molar-refractivity contribution in [2.75, 3.05) is 6.61 Å². The normalized spacial score (nSPS) is 31.6. The minimum Gasteiger partial charge on any atom is -0.480 e. The van der Waals surface area contributed by atoms with E-state index in [0.29, 0.717) is 13.0 Å². The Balaban J connectivity index is 2.56. The maximum Gasteiger partial charge on any atom is 0.320 e. The summed E-state index contributed by atoms with van der Waals surface area (Å²) in [6.07, 6.45) is 3.61. The molecular weight excluding hydrogens is 206 g/mol. The van der Waals surface area contributed by atoms with Gasteiger partial charge in [-0.25, -0.2) is 0 Å². The smallest absolute Gasteiger partial charge is 0.320 e. The average molecular weight is 229 g/mol. The number of rotatable bonds is 6. The molecule has 4 heteroatoms. The number of carboxylic acids is 1. The third-order valence-electron chi connectivity index (χ3n) is 3.53. The summed E-state index contributed by atoms with van der Waals surface area (Å²) in [5.74, 6) is -0.756. The molecular formula is C12H23NO3. The van der Waals surface area contributed by atoms with Gasteiger partial charge in [0, 0.05) is 12.1 Å². The van der Waals surface area contributed by atoms with E-state index in [1.54, 1.807) is 0 Å². The van der Waals surface area contributed by atoms with E-state index in [-0.39, 0.29) is 11.6 Å². The monoisotopic (exact) mass is 229 g/mol. The van der Waals surface area contributed by atoms with Crippen molar-refractivity contribution >= 4 is 5.97 Å². The molecule has 0 saturated carbocycles. The molecule has 2 N–H and O–H groups in total. The molecule has 94 valence electrons. The van der Waals surface area contributed by atoms with Gasteiger partial charge in [0.2, 0.25) is 0 Å². The van der Waals surface area contributed by atoms with E-state index in [9.17, 15) is 4.79 Å². The number of unbranched alkanes of at least 4 members (excludes halogenated alkanes) is 1. The topological polar surface area (TPSA) is 58.6 Å². The molecule has 0 aromatic heterocycles. The van der Waals surface area contributed by atoms with Crippen molar-refractivity contribution in [1.29, 1.82) is 0 Å². The lowest BCUT2D eigenvalue weighted by Gasteiger charge is -2.32. The molecule has 1 saturated heterocycles. The van der Waals surface area contributed by atoms with E-state index in [2.05, 4.69) is 12.2 Å². The Morgan fingerprint density at radius 1 is 1.69 bits per heavy atom. The quantitative estimate of drug-likeness (QED) is 0.729. The van der Waals surface area contributed by atoms with Crippen molar-refractivity contribution in [2.45, 2.75) is 64.1 Å². The third-order valence-corrected chi connectivity index (χ3v) is 3.53. The number of nitrogens with one attached hydrogen (secondary N) is 1. The lowest BCUT2D eigenvalue weighted by molar-refractivity contribution is -0.140. The molecule has 0 aromatic carbocycles. The van der Waals surface area contributed by atoms with Crippen molar-refractivity contribution in [3.63, 3.8) is 0 Å². The van der Waals surface area contributed by atoms with Crippen LogP contribution in [0.3, 0.4) is 0 Å². The summed E-state index contributed by atoms with van der Waals surface area (Å²) < 4.78 is 5.50. The first kappa shape index (κ1) is 13.5. The van der Waals surface area contributed by atoms with E-state index in [0.717, 1.165) is 19.3 Å². The van der Waals surface area contributed by atoms with Crippen molar-refractivity contribution in [1.82, 2.24) is 5.32 Å². The van der Waals surface area contributed by atoms with E-state index in [1.807, 2.05) is 13.8 Å². The molecule has 1 aliphatic heterocycles.